The van der Waals surface area contributed by atoms with E-state index in [2.05, 4.69) is 0 Å². The summed E-state index contributed by atoms with van der Waals surface area (Å²) < 4.78 is 411. The van der Waals surface area contributed by atoms with Crippen LogP contribution in [0.4, 0.5) is 123 Å². The van der Waals surface area contributed by atoms with E-state index >= 15 is 70.2 Å². The number of hydrogen-bond donors (Lipinski definition) is 4. The molecule has 1 aliphatic heterocycles. The molecule has 0 atom stereocenters. The Bertz CT molecular complexity index is 2740. The molecule has 8 bridgehead atoms. The molecule has 0 amide bonds. The summed E-state index contributed by atoms with van der Waals surface area (Å²) >= 11 is 25.0. The van der Waals surface area contributed by atoms with E-state index in [1.165, 1.54) is 0 Å². The topological polar surface area (TPSA) is 63.2 Å². The Labute approximate surface area is 448 Å². The van der Waals surface area contributed by atoms with Crippen LogP contribution in [0.25, 0.3) is 22.3 Å². The molecule has 5 heterocycles. The Kier molecular flexibility index (Phi) is 15.5. The quantitative estimate of drug-likeness (QED) is 0.100. The second-order valence-corrected chi connectivity index (χ2v) is 19.9. The lowest BCUT2D eigenvalue weighted by Crippen LogP contribution is -2.55. The molecule has 0 aromatic carbocycles. The van der Waals surface area contributed by atoms with E-state index in [4.69, 9.17) is 46.4 Å². The number of H-pyrrole nitrogens is 4. The van der Waals surface area contributed by atoms with E-state index in [1.807, 2.05) is 0 Å². The lowest BCUT2D eigenvalue weighted by molar-refractivity contribution is -0.339. The molecule has 0 saturated carbocycles. The van der Waals surface area contributed by atoms with Crippen molar-refractivity contribution in [2.45, 2.75) is 72.1 Å². The molecule has 4 aromatic heterocycles. The van der Waals surface area contributed by atoms with E-state index in [9.17, 15) is 52.7 Å². The van der Waals surface area contributed by atoms with Crippen LogP contribution in [0.1, 0.15) is 22.8 Å². The number of aromatic amines is 4. The minimum Gasteiger partial charge on any atom is -0.353 e. The zero-order chi connectivity index (χ0) is 56.4. The van der Waals surface area contributed by atoms with Gasteiger partial charge in [-0.05, 0) is 90.4 Å². The van der Waals surface area contributed by atoms with Gasteiger partial charge in [-0.3, -0.25) is 0 Å². The highest BCUT2D eigenvalue weighted by Gasteiger charge is 2.79. The second-order valence-electron chi connectivity index (χ2n) is 14.1. The number of halogens is 36. The van der Waals surface area contributed by atoms with Gasteiger partial charge in [0.15, 0.2) is 0 Å². The number of hydrogen-bond acceptors (Lipinski definition) is 0. The second kappa shape index (κ2) is 18.1. The molecule has 1 aliphatic rings. The first-order chi connectivity index (χ1) is 31.7. The molecule has 4 aromatic rings. The molecule has 0 saturated heterocycles. The van der Waals surface area contributed by atoms with Crippen LogP contribution in [0.2, 0.25) is 20.1 Å². The fourth-order valence-corrected chi connectivity index (χ4v) is 9.93. The van der Waals surface area contributed by atoms with Crippen molar-refractivity contribution in [3.8, 4) is 0 Å². The van der Waals surface area contributed by atoms with E-state index in [0.717, 1.165) is 19.9 Å². The van der Waals surface area contributed by atoms with Crippen molar-refractivity contribution in [3.05, 3.63) is 78.5 Å². The molecule has 0 unspecified atom stereocenters. The van der Waals surface area contributed by atoms with Gasteiger partial charge in [0.2, 0.25) is 0 Å². The predicted molar refractivity (Wildman–Crippen MR) is 226 cm³/mol. The smallest absolute Gasteiger partial charge is 0.353 e. The minimum atomic E-state index is -7.67. The molecular weight excluding hydrogens is 1620 g/mol. The van der Waals surface area contributed by atoms with Gasteiger partial charge < -0.3 is 19.9 Å². The zero-order valence-electron chi connectivity index (χ0n) is 31.6. The van der Waals surface area contributed by atoms with Gasteiger partial charge in [-0.25, -0.2) is 0 Å². The van der Waals surface area contributed by atoms with Gasteiger partial charge in [0.1, 0.15) is 0 Å². The number of aromatic nitrogens is 4. The van der Waals surface area contributed by atoms with E-state index in [0.29, 0.717) is 90.4 Å². The van der Waals surface area contributed by atoms with Gasteiger partial charge >= 0.3 is 72.1 Å². The first-order valence-electron chi connectivity index (χ1n) is 16.8. The Hall–Kier alpha value is -1.28. The van der Waals surface area contributed by atoms with Gasteiger partial charge in [-0.2, -0.15) is 123 Å². The average molecular weight is 1630 g/mol. The first-order valence-corrected chi connectivity index (χ1v) is 22.6. The average Bonchev–Trinajstić information content (AvgIpc) is 3.84. The summed E-state index contributed by atoms with van der Waals surface area (Å²) in [5.74, 6) is -59.7. The Balaban J connectivity index is 2.44. The van der Waals surface area contributed by atoms with Crippen molar-refractivity contribution >= 4 is 159 Å². The van der Waals surface area contributed by atoms with Crippen molar-refractivity contribution in [1.29, 1.82) is 0 Å². The summed E-state index contributed by atoms with van der Waals surface area (Å²) in [7, 11) is 0. The SMILES string of the molecule is FC(F)(F)C(F)(F)C(F)(F)C1=c2[nH]c(c(I)c2I)=C(C(F)(F)C(F)(F)C(F)(F)F)c2[nH]c(c(Cl)c2Cl)C(C(F)(F)C(F)(F)C(F)(F)F)=c2[nH]c(c(I)c2I)=C(C(F)(F)C(F)(F)C(F)(F)F)c2[nH]c1c(Cl)c2Cl. The highest BCUT2D eigenvalue weighted by molar-refractivity contribution is 14.1. The minimum absolute atomic E-state index is 0.428. The van der Waals surface area contributed by atoms with Crippen molar-refractivity contribution in [2.24, 2.45) is 0 Å². The number of nitrogens with one attached hydrogen (secondary N) is 4. The van der Waals surface area contributed by atoms with Crippen LogP contribution in [0.5, 0.6) is 0 Å². The summed E-state index contributed by atoms with van der Waals surface area (Å²) in [5.41, 5.74) is -23.9. The summed E-state index contributed by atoms with van der Waals surface area (Å²) in [5, 5.41) is -19.0. The fraction of sp³-hybridized carbons (Fsp3) is 0.375. The molecule has 72 heavy (non-hydrogen) atoms. The molecule has 0 spiro atoms. The number of fused-ring (bicyclic) bond motifs is 8. The maximum absolute atomic E-state index is 16.3. The van der Waals surface area contributed by atoms with E-state index in [-0.39, 0.29) is 0 Å². The van der Waals surface area contributed by atoms with E-state index in [1.54, 1.807) is 0 Å². The van der Waals surface area contributed by atoms with Gasteiger partial charge in [0, 0.05) is 0 Å². The third kappa shape index (κ3) is 8.66. The van der Waals surface area contributed by atoms with Crippen LogP contribution in [0, 0.1) is 14.3 Å². The summed E-state index contributed by atoms with van der Waals surface area (Å²) in [6, 6.07) is 0. The third-order valence-electron chi connectivity index (χ3n) is 9.78. The maximum Gasteiger partial charge on any atom is 0.460 e. The lowest BCUT2D eigenvalue weighted by Gasteiger charge is -2.30. The Morgan fingerprint density at radius 3 is 0.514 bits per heavy atom. The Morgan fingerprint density at radius 1 is 0.250 bits per heavy atom. The van der Waals surface area contributed by atoms with Gasteiger partial charge in [-0.1, -0.05) is 46.4 Å². The molecule has 40 heteroatoms. The molecule has 0 aliphatic carbocycles. The molecule has 4 nitrogen and oxygen atoms in total. The number of rotatable bonds is 8. The fourth-order valence-electron chi connectivity index (χ4n) is 6.29. The van der Waals surface area contributed by atoms with Gasteiger partial charge in [-0.15, -0.1) is 0 Å². The number of alkyl halides is 28. The lowest BCUT2D eigenvalue weighted by atomic mass is 9.98. The molecule has 404 valence electrons. The van der Waals surface area contributed by atoms with Crippen molar-refractivity contribution in [3.63, 3.8) is 0 Å². The molecule has 0 radical (unpaired) electrons. The van der Waals surface area contributed by atoms with Crippen LogP contribution < -0.4 is 21.4 Å². The highest BCUT2D eigenvalue weighted by atomic mass is 127. The molecule has 5 rings (SSSR count). The normalized spacial score (nSPS) is 15.9. The van der Waals surface area contributed by atoms with Crippen LogP contribution >= 0.6 is 137 Å². The third-order valence-corrected chi connectivity index (χ3v) is 17.9. The summed E-state index contributed by atoms with van der Waals surface area (Å²) in [4.78, 5) is 3.90. The van der Waals surface area contributed by atoms with Crippen molar-refractivity contribution in [1.82, 2.24) is 19.9 Å². The van der Waals surface area contributed by atoms with Gasteiger partial charge in [0.25, 0.3) is 0 Å². The monoisotopic (exact) mass is 1620 g/mol. The first kappa shape index (κ1) is 61.6. The van der Waals surface area contributed by atoms with Crippen LogP contribution in [0.3, 0.4) is 0 Å². The molecular formula is C32H4Cl4F28I4N4. The highest BCUT2D eigenvalue weighted by Crippen LogP contribution is 2.59. The van der Waals surface area contributed by atoms with Crippen LogP contribution in [-0.2, 0) is 0 Å². The van der Waals surface area contributed by atoms with Crippen LogP contribution in [-0.4, -0.2) is 92.0 Å². The van der Waals surface area contributed by atoms with E-state index < -0.39 is 173 Å². The van der Waals surface area contributed by atoms with Crippen molar-refractivity contribution in [2.75, 3.05) is 0 Å². The maximum atomic E-state index is 16.3. The predicted octanol–water partition coefficient (Wildman–Crippen LogP) is 14.5. The van der Waals surface area contributed by atoms with Crippen molar-refractivity contribution < 1.29 is 123 Å². The molecule has 4 N–H and O–H groups in total. The summed E-state index contributed by atoms with van der Waals surface area (Å²) in [6.45, 7) is 0. The largest absolute Gasteiger partial charge is 0.460 e. The van der Waals surface area contributed by atoms with Gasteiger partial charge in [0.05, 0.1) is 101 Å². The summed E-state index contributed by atoms with van der Waals surface area (Å²) in [6.07, 6.45) is -30.4. The molecule has 0 fully saturated rings. The zero-order valence-corrected chi connectivity index (χ0v) is 43.3. The Morgan fingerprint density at radius 2 is 0.389 bits per heavy atom. The van der Waals surface area contributed by atoms with Crippen LogP contribution in [0.15, 0.2) is 0 Å². The standard InChI is InChI=1S/C32H4Cl4F28I4N4/c33-5-6(34)14-2(22(39,40)26(47,48)30(56,57)58)19-11(67)12(68)20(72-19)4(24(43,44)28(51,52)32(62,63)64)16-8(36)7(35)15(70-16)3(23(41,42)27(49,50)31(59,60)61)18-10(66)9(65)17(71-18)1(13(5)69-14)21(37,38)25(45,46)29(53,54)55/h69-72H.